The number of hydrazine groups is 1. The summed E-state index contributed by atoms with van der Waals surface area (Å²) in [6.45, 7) is 3.78. The Bertz CT molecular complexity index is 983. The second-order valence-corrected chi connectivity index (χ2v) is 10.3. The molecule has 5 unspecified atom stereocenters. The summed E-state index contributed by atoms with van der Waals surface area (Å²) in [5.74, 6) is -0.698. The highest BCUT2D eigenvalue weighted by atomic mass is 19.4. The number of carbonyl (C=O) groups excluding carboxylic acids is 1. The van der Waals surface area contributed by atoms with Crippen molar-refractivity contribution in [2.24, 2.45) is 11.8 Å². The van der Waals surface area contributed by atoms with Crippen molar-refractivity contribution >= 4 is 11.6 Å². The Kier molecular flexibility index (Phi) is 7.14. The number of hydrogen-bond acceptors (Lipinski definition) is 7. The smallest absolute Gasteiger partial charge is 0.380 e. The lowest BCUT2D eigenvalue weighted by Crippen LogP contribution is -2.56. The first-order valence-corrected chi connectivity index (χ1v) is 12.8. The number of nitrogens with zero attached hydrogens (tertiary/aromatic N) is 3. The molecule has 4 aliphatic rings. The summed E-state index contributed by atoms with van der Waals surface area (Å²) in [7, 11) is 0. The number of halogens is 3. The van der Waals surface area contributed by atoms with Gasteiger partial charge in [0.05, 0.1) is 30.6 Å². The minimum Gasteiger partial charge on any atom is -0.380 e. The highest BCUT2D eigenvalue weighted by Crippen LogP contribution is 2.42. The summed E-state index contributed by atoms with van der Waals surface area (Å²) in [5, 5.41) is 17.9. The number of anilines is 1. The van der Waals surface area contributed by atoms with E-state index in [4.69, 9.17) is 4.74 Å². The van der Waals surface area contributed by atoms with Gasteiger partial charge in [0.1, 0.15) is 12.2 Å². The molecule has 0 bridgehead atoms. The van der Waals surface area contributed by atoms with Crippen LogP contribution in [-0.4, -0.2) is 72.6 Å². The van der Waals surface area contributed by atoms with Crippen molar-refractivity contribution < 1.29 is 22.7 Å². The highest BCUT2D eigenvalue weighted by molar-refractivity contribution is 5.82. The molecule has 0 spiro atoms. The first-order valence-electron chi connectivity index (χ1n) is 12.8. The summed E-state index contributed by atoms with van der Waals surface area (Å²) < 4.78 is 47.7. The van der Waals surface area contributed by atoms with Crippen LogP contribution in [0.25, 0.3) is 0 Å². The maximum absolute atomic E-state index is 14.0. The van der Waals surface area contributed by atoms with Crippen LogP contribution >= 0.6 is 0 Å². The SMILES string of the molecule is CC1CCCN1C(c1ccc(NC2NN([C@H]3COCC[C@@H]3C#N)C3CCNC(=O)C23)cc1)C(F)(F)F. The number of piperidine rings is 1. The monoisotopic (exact) mass is 506 g/mol. The molecule has 4 aliphatic heterocycles. The van der Waals surface area contributed by atoms with E-state index in [1.807, 2.05) is 11.9 Å². The van der Waals surface area contributed by atoms with E-state index in [0.29, 0.717) is 38.4 Å². The van der Waals surface area contributed by atoms with E-state index in [1.54, 1.807) is 12.1 Å². The first kappa shape index (κ1) is 25.3. The lowest BCUT2D eigenvalue weighted by Gasteiger charge is -2.39. The zero-order chi connectivity index (χ0) is 25.4. The van der Waals surface area contributed by atoms with Gasteiger partial charge in [0, 0.05) is 30.9 Å². The zero-order valence-corrected chi connectivity index (χ0v) is 20.3. The van der Waals surface area contributed by atoms with Gasteiger partial charge in [-0.25, -0.2) is 10.4 Å². The number of fused-ring (bicyclic) bond motifs is 1. The molecule has 0 saturated carbocycles. The lowest BCUT2D eigenvalue weighted by molar-refractivity contribution is -0.188. The van der Waals surface area contributed by atoms with E-state index in [-0.39, 0.29) is 35.5 Å². The van der Waals surface area contributed by atoms with Crippen LogP contribution in [0.3, 0.4) is 0 Å². The minimum atomic E-state index is -4.37. The first-order chi connectivity index (χ1) is 17.3. The molecule has 11 heteroatoms. The average Bonchev–Trinajstić information content (AvgIpc) is 3.43. The molecule has 4 heterocycles. The Hall–Kier alpha value is -2.39. The molecular weight excluding hydrogens is 473 g/mol. The second kappa shape index (κ2) is 10.2. The molecule has 0 aliphatic carbocycles. The van der Waals surface area contributed by atoms with Crippen molar-refractivity contribution in [2.45, 2.75) is 69.1 Å². The quantitative estimate of drug-likeness (QED) is 0.566. The van der Waals surface area contributed by atoms with Crippen LogP contribution in [0.15, 0.2) is 24.3 Å². The molecule has 5 rings (SSSR count). The van der Waals surface area contributed by atoms with Gasteiger partial charge in [0.25, 0.3) is 0 Å². The Morgan fingerprint density at radius 1 is 1.19 bits per heavy atom. The highest BCUT2D eigenvalue weighted by Gasteiger charge is 2.51. The molecule has 1 amide bonds. The molecule has 196 valence electrons. The summed E-state index contributed by atoms with van der Waals surface area (Å²) in [6.07, 6.45) is -1.93. The Morgan fingerprint density at radius 3 is 2.64 bits per heavy atom. The summed E-state index contributed by atoms with van der Waals surface area (Å²) >= 11 is 0. The topological polar surface area (TPSA) is 92.7 Å². The third-order valence-corrected chi connectivity index (χ3v) is 8.11. The Balaban J connectivity index is 1.35. The van der Waals surface area contributed by atoms with Crippen molar-refractivity contribution in [3.05, 3.63) is 29.8 Å². The molecule has 36 heavy (non-hydrogen) atoms. The zero-order valence-electron chi connectivity index (χ0n) is 20.3. The number of ether oxygens (including phenoxy) is 1. The van der Waals surface area contributed by atoms with Crippen molar-refractivity contribution in [3.63, 3.8) is 0 Å². The third kappa shape index (κ3) is 4.79. The maximum atomic E-state index is 14.0. The van der Waals surface area contributed by atoms with E-state index < -0.39 is 24.3 Å². The van der Waals surface area contributed by atoms with E-state index in [2.05, 4.69) is 22.1 Å². The fourth-order valence-corrected chi connectivity index (χ4v) is 6.30. The van der Waals surface area contributed by atoms with Crippen molar-refractivity contribution in [1.29, 1.82) is 5.26 Å². The standard InChI is InChI=1S/C25H33F3N6O2/c1-15-3-2-11-33(15)22(25(26,27)28)16-4-6-18(7-5-16)31-23-21-19(8-10-30-24(21)35)34(32-23)20-14-36-12-9-17(20)13-29/h4-7,15,17,19-23,31-32H,2-3,8-12,14H2,1H3,(H,30,35)/t15?,17-,19?,20+,21?,22?,23?/m1/s1. The fraction of sp³-hybridized carbons (Fsp3) is 0.680. The summed E-state index contributed by atoms with van der Waals surface area (Å²) in [5.41, 5.74) is 4.24. The van der Waals surface area contributed by atoms with Crippen LogP contribution < -0.4 is 16.1 Å². The van der Waals surface area contributed by atoms with Gasteiger partial charge in [-0.3, -0.25) is 9.69 Å². The Labute approximate surface area is 209 Å². The van der Waals surface area contributed by atoms with Crippen LogP contribution in [0, 0.1) is 23.2 Å². The van der Waals surface area contributed by atoms with Gasteiger partial charge in [-0.15, -0.1) is 0 Å². The van der Waals surface area contributed by atoms with Crippen LogP contribution in [0.5, 0.6) is 0 Å². The molecule has 7 atom stereocenters. The van der Waals surface area contributed by atoms with Gasteiger partial charge in [0.15, 0.2) is 0 Å². The van der Waals surface area contributed by atoms with Gasteiger partial charge >= 0.3 is 6.18 Å². The van der Waals surface area contributed by atoms with Gasteiger partial charge in [0.2, 0.25) is 5.91 Å². The predicted octanol–water partition coefficient (Wildman–Crippen LogP) is 2.77. The molecule has 0 radical (unpaired) electrons. The number of rotatable bonds is 5. The normalized spacial score (nSPS) is 34.6. The van der Waals surface area contributed by atoms with E-state index in [1.165, 1.54) is 17.0 Å². The number of benzene rings is 1. The largest absolute Gasteiger partial charge is 0.408 e. The van der Waals surface area contributed by atoms with Crippen molar-refractivity contribution in [3.8, 4) is 6.07 Å². The van der Waals surface area contributed by atoms with Crippen LogP contribution in [-0.2, 0) is 9.53 Å². The molecule has 4 fully saturated rings. The summed E-state index contributed by atoms with van der Waals surface area (Å²) in [4.78, 5) is 14.4. The molecule has 8 nitrogen and oxygen atoms in total. The maximum Gasteiger partial charge on any atom is 0.408 e. The number of nitriles is 1. The average molecular weight is 507 g/mol. The van der Waals surface area contributed by atoms with E-state index in [0.717, 1.165) is 19.3 Å². The molecule has 0 aromatic heterocycles. The fourth-order valence-electron chi connectivity index (χ4n) is 6.30. The molecule has 1 aromatic carbocycles. The second-order valence-electron chi connectivity index (χ2n) is 10.3. The van der Waals surface area contributed by atoms with Crippen LogP contribution in [0.4, 0.5) is 18.9 Å². The number of alkyl halides is 3. The predicted molar refractivity (Wildman–Crippen MR) is 126 cm³/mol. The number of carbonyl (C=O) groups is 1. The summed E-state index contributed by atoms with van der Waals surface area (Å²) in [6, 6.07) is 6.69. The van der Waals surface area contributed by atoms with Gasteiger partial charge in [-0.2, -0.15) is 18.4 Å². The molecule has 3 N–H and O–H groups in total. The molecule has 4 saturated heterocycles. The lowest BCUT2D eigenvalue weighted by atomic mass is 9.88. The van der Waals surface area contributed by atoms with Crippen molar-refractivity contribution in [2.75, 3.05) is 31.6 Å². The number of hydrogen-bond donors (Lipinski definition) is 3. The van der Waals surface area contributed by atoms with Gasteiger partial charge < -0.3 is 15.4 Å². The number of likely N-dealkylation sites (tertiary alicyclic amines) is 1. The Morgan fingerprint density at radius 2 is 1.97 bits per heavy atom. The molecule has 1 aromatic rings. The van der Waals surface area contributed by atoms with Gasteiger partial charge in [-0.05, 0) is 56.8 Å². The van der Waals surface area contributed by atoms with Gasteiger partial charge in [-0.1, -0.05) is 12.1 Å². The van der Waals surface area contributed by atoms with E-state index >= 15 is 0 Å². The minimum absolute atomic E-state index is 0.0826. The van der Waals surface area contributed by atoms with Crippen LogP contribution in [0.2, 0.25) is 0 Å². The third-order valence-electron chi connectivity index (χ3n) is 8.11. The number of amides is 1. The number of nitrogens with one attached hydrogen (secondary N) is 3. The van der Waals surface area contributed by atoms with Crippen LogP contribution in [0.1, 0.15) is 44.2 Å². The molecular formula is C25H33F3N6O2. The van der Waals surface area contributed by atoms with Crippen molar-refractivity contribution in [1.82, 2.24) is 20.7 Å². The van der Waals surface area contributed by atoms with E-state index in [9.17, 15) is 23.2 Å².